The lowest BCUT2D eigenvalue weighted by molar-refractivity contribution is -0.250. The minimum atomic E-state index is -4.68. The molecule has 14 heteroatoms. The average molecular weight is 601 g/mol. The summed E-state index contributed by atoms with van der Waals surface area (Å²) >= 11 is 5.67. The summed E-state index contributed by atoms with van der Waals surface area (Å²) in [7, 11) is 0. The number of nitrogens with zero attached hydrogens (tertiary/aromatic N) is 3. The number of hydrogen-bond donors (Lipinski definition) is 1. The van der Waals surface area contributed by atoms with Crippen LogP contribution in [0, 0.1) is 5.82 Å². The Morgan fingerprint density at radius 2 is 1.59 bits per heavy atom. The number of esters is 2. The second-order valence-electron chi connectivity index (χ2n) is 11.3. The van der Waals surface area contributed by atoms with Gasteiger partial charge < -0.3 is 19.9 Å². The number of ether oxygens (including phenoxy) is 3. The molecule has 0 bridgehead atoms. The molecule has 0 radical (unpaired) electrons. The summed E-state index contributed by atoms with van der Waals surface area (Å²) in [5.74, 6) is -10.5. The van der Waals surface area contributed by atoms with E-state index in [9.17, 15) is 14.0 Å². The van der Waals surface area contributed by atoms with Crippen LogP contribution in [0.15, 0.2) is 35.6 Å². The van der Waals surface area contributed by atoms with Gasteiger partial charge in [-0.2, -0.15) is 8.78 Å². The van der Waals surface area contributed by atoms with Gasteiger partial charge in [-0.25, -0.2) is 33.3 Å². The second-order valence-corrected chi connectivity index (χ2v) is 11.7. The van der Waals surface area contributed by atoms with Crippen molar-refractivity contribution >= 4 is 41.5 Å². The zero-order valence-electron chi connectivity index (χ0n) is 23.3. The van der Waals surface area contributed by atoms with E-state index in [1.54, 1.807) is 0 Å². The van der Waals surface area contributed by atoms with Crippen LogP contribution in [0.1, 0.15) is 65.3 Å². The summed E-state index contributed by atoms with van der Waals surface area (Å²) in [6.07, 6.45) is 3.01. The molecule has 222 valence electrons. The molecule has 2 heterocycles. The summed E-state index contributed by atoms with van der Waals surface area (Å²) in [5, 5.41) is 0.00852. The molecule has 3 rings (SSSR count). The van der Waals surface area contributed by atoms with Crippen molar-refractivity contribution in [3.05, 3.63) is 58.4 Å². The number of halogens is 5. The first-order chi connectivity index (χ1) is 18.6. The van der Waals surface area contributed by atoms with Crippen molar-refractivity contribution in [2.24, 2.45) is 10.7 Å². The number of carbonyl (C=O) groups is 2. The normalized spacial score (nSPS) is 20.5. The van der Waals surface area contributed by atoms with Crippen molar-refractivity contribution in [3.8, 4) is 0 Å². The van der Waals surface area contributed by atoms with Crippen LogP contribution in [0.5, 0.6) is 0 Å². The number of nitrogens with two attached hydrogens (primary N) is 1. The van der Waals surface area contributed by atoms with E-state index in [2.05, 4.69) is 15.0 Å². The maximum absolute atomic E-state index is 16.8. The van der Waals surface area contributed by atoms with Crippen molar-refractivity contribution in [1.29, 1.82) is 0 Å². The lowest BCUT2D eigenvalue weighted by Crippen LogP contribution is -2.73. The fraction of sp³-hybridized carbons (Fsp3) is 0.444. The third-order valence-electron chi connectivity index (χ3n) is 5.69. The molecule has 1 aromatic heterocycles. The third-order valence-corrected chi connectivity index (χ3v) is 5.89. The standard InChI is InChI=1S/C27H29ClF4N4O5/c1-23(2,3)39-20(37)26(21(38)40-24(4,5)6)27(31,32)25(7,36-22(33)41-26)15-10-14(8-9-16(15)29)11-17(30)18-12-35-19(28)13-34-18/h8-13H,1-7H3,(H2,33,36)/b17-11-/t25-/m1/s1. The minimum absolute atomic E-state index is 0.00852. The molecule has 0 aliphatic carbocycles. The van der Waals surface area contributed by atoms with Crippen LogP contribution in [0.2, 0.25) is 5.15 Å². The van der Waals surface area contributed by atoms with Gasteiger partial charge in [-0.15, -0.1) is 0 Å². The molecule has 1 aliphatic rings. The van der Waals surface area contributed by atoms with Crippen molar-refractivity contribution in [1.82, 2.24) is 9.97 Å². The Morgan fingerprint density at radius 1 is 1.02 bits per heavy atom. The molecule has 2 aromatic rings. The van der Waals surface area contributed by atoms with Crippen LogP contribution < -0.4 is 5.73 Å². The SMILES string of the molecule is CC(C)(C)OC(=O)C1(C(=O)OC(C)(C)C)OC(N)=N[C@](C)(c2cc(/C=C(\F)c3cnc(Cl)cn3)ccc2F)C1(F)F. The summed E-state index contributed by atoms with van der Waals surface area (Å²) in [4.78, 5) is 38.0. The van der Waals surface area contributed by atoms with Crippen LogP contribution in [0.4, 0.5) is 17.6 Å². The molecule has 1 aromatic carbocycles. The van der Waals surface area contributed by atoms with Gasteiger partial charge in [0, 0.05) is 5.56 Å². The van der Waals surface area contributed by atoms with Gasteiger partial charge in [-0.1, -0.05) is 17.7 Å². The maximum Gasteiger partial charge on any atom is 0.369 e. The topological polar surface area (TPSA) is 126 Å². The molecule has 0 fully saturated rings. The molecule has 1 atom stereocenters. The molecule has 0 saturated heterocycles. The Labute approximate surface area is 238 Å². The first-order valence-corrected chi connectivity index (χ1v) is 12.5. The third kappa shape index (κ3) is 6.14. The lowest BCUT2D eigenvalue weighted by Gasteiger charge is -2.47. The van der Waals surface area contributed by atoms with Crippen molar-refractivity contribution in [3.63, 3.8) is 0 Å². The minimum Gasteiger partial charge on any atom is -0.456 e. The first kappa shape index (κ1) is 31.8. The smallest absolute Gasteiger partial charge is 0.369 e. The number of aliphatic imine (C=N–C) groups is 1. The fourth-order valence-corrected chi connectivity index (χ4v) is 3.99. The molecule has 0 amide bonds. The van der Waals surface area contributed by atoms with E-state index in [0.717, 1.165) is 43.6 Å². The van der Waals surface area contributed by atoms with Gasteiger partial charge in [-0.3, -0.25) is 0 Å². The second kappa shape index (κ2) is 10.6. The highest BCUT2D eigenvalue weighted by Gasteiger charge is 2.80. The average Bonchev–Trinajstić information content (AvgIpc) is 2.80. The van der Waals surface area contributed by atoms with Gasteiger partial charge >= 0.3 is 23.5 Å². The quantitative estimate of drug-likeness (QED) is 0.276. The Balaban J connectivity index is 2.25. The molecule has 0 spiro atoms. The van der Waals surface area contributed by atoms with Crippen molar-refractivity contribution < 1.29 is 41.4 Å². The zero-order chi connectivity index (χ0) is 31.2. The van der Waals surface area contributed by atoms with Gasteiger partial charge in [0.1, 0.15) is 27.9 Å². The molecule has 0 saturated carbocycles. The number of hydrogen-bond acceptors (Lipinski definition) is 9. The molecule has 9 nitrogen and oxygen atoms in total. The summed E-state index contributed by atoms with van der Waals surface area (Å²) in [6, 6.07) is 1.71. The van der Waals surface area contributed by atoms with Gasteiger partial charge in [0.25, 0.3) is 6.02 Å². The summed E-state index contributed by atoms with van der Waals surface area (Å²) in [5.41, 5.74) is -5.06. The molecule has 2 N–H and O–H groups in total. The molecular formula is C27H29ClF4N4O5. The number of alkyl halides is 2. The van der Waals surface area contributed by atoms with Crippen LogP contribution >= 0.6 is 11.6 Å². The van der Waals surface area contributed by atoms with Gasteiger partial charge in [0.05, 0.1) is 12.4 Å². The van der Waals surface area contributed by atoms with E-state index in [1.165, 1.54) is 41.5 Å². The monoisotopic (exact) mass is 600 g/mol. The van der Waals surface area contributed by atoms with E-state index < -0.39 is 63.4 Å². The highest BCUT2D eigenvalue weighted by molar-refractivity contribution is 6.29. The largest absolute Gasteiger partial charge is 0.456 e. The predicted molar refractivity (Wildman–Crippen MR) is 142 cm³/mol. The van der Waals surface area contributed by atoms with Crippen LogP contribution in [0.25, 0.3) is 11.9 Å². The van der Waals surface area contributed by atoms with Crippen LogP contribution in [-0.4, -0.2) is 50.7 Å². The number of amidine groups is 1. The van der Waals surface area contributed by atoms with E-state index >= 15 is 13.2 Å². The summed E-state index contributed by atoms with van der Waals surface area (Å²) < 4.78 is 79.1. The fourth-order valence-electron chi connectivity index (χ4n) is 3.89. The zero-order valence-corrected chi connectivity index (χ0v) is 24.1. The van der Waals surface area contributed by atoms with E-state index in [-0.39, 0.29) is 16.4 Å². The molecule has 1 aliphatic heterocycles. The molecule has 41 heavy (non-hydrogen) atoms. The van der Waals surface area contributed by atoms with E-state index in [1.807, 2.05) is 0 Å². The maximum atomic E-state index is 16.8. The van der Waals surface area contributed by atoms with Gasteiger partial charge in [-0.05, 0) is 72.2 Å². The summed E-state index contributed by atoms with van der Waals surface area (Å²) in [6.45, 7) is 9.00. The lowest BCUT2D eigenvalue weighted by atomic mass is 9.75. The molecular weight excluding hydrogens is 572 g/mol. The number of aromatic nitrogens is 2. The number of carbonyl (C=O) groups excluding carboxylic acids is 2. The van der Waals surface area contributed by atoms with Gasteiger partial charge in [0.2, 0.25) is 0 Å². The molecule has 0 unspecified atom stereocenters. The van der Waals surface area contributed by atoms with Crippen LogP contribution in [0.3, 0.4) is 0 Å². The van der Waals surface area contributed by atoms with Crippen LogP contribution in [-0.2, 0) is 29.3 Å². The Hall–Kier alpha value is -3.74. The number of rotatable bonds is 5. The first-order valence-electron chi connectivity index (χ1n) is 12.2. The van der Waals surface area contributed by atoms with E-state index in [4.69, 9.17) is 31.5 Å². The predicted octanol–water partition coefficient (Wildman–Crippen LogP) is 5.35. The van der Waals surface area contributed by atoms with E-state index in [0.29, 0.717) is 0 Å². The van der Waals surface area contributed by atoms with Gasteiger partial charge in [0.15, 0.2) is 11.4 Å². The Morgan fingerprint density at radius 3 is 2.07 bits per heavy atom. The Kier molecular flexibility index (Phi) is 8.21. The van der Waals surface area contributed by atoms with Crippen molar-refractivity contribution in [2.45, 2.75) is 76.7 Å². The number of benzene rings is 1. The van der Waals surface area contributed by atoms with Crippen molar-refractivity contribution in [2.75, 3.05) is 0 Å². The highest BCUT2D eigenvalue weighted by atomic mass is 35.5. The highest BCUT2D eigenvalue weighted by Crippen LogP contribution is 2.53. The Bertz CT molecular complexity index is 1390.